The van der Waals surface area contributed by atoms with E-state index in [1.54, 1.807) is 6.08 Å². The topological polar surface area (TPSA) is 17.1 Å². The SMILES string of the molecule is C#CC(=O)C=C(Cc1ccccc1)Cc1ccccc1. The average molecular weight is 260 g/mol. The van der Waals surface area contributed by atoms with Crippen LogP contribution in [0.2, 0.25) is 0 Å². The van der Waals surface area contributed by atoms with Crippen molar-refractivity contribution in [3.05, 3.63) is 83.4 Å². The molecule has 0 radical (unpaired) electrons. The van der Waals surface area contributed by atoms with Crippen LogP contribution in [-0.4, -0.2) is 5.78 Å². The summed E-state index contributed by atoms with van der Waals surface area (Å²) < 4.78 is 0. The summed E-state index contributed by atoms with van der Waals surface area (Å²) in [6, 6.07) is 20.2. The molecule has 0 amide bonds. The highest BCUT2D eigenvalue weighted by atomic mass is 16.1. The Balaban J connectivity index is 2.20. The van der Waals surface area contributed by atoms with Crippen molar-refractivity contribution in [1.29, 1.82) is 0 Å². The van der Waals surface area contributed by atoms with Crippen LogP contribution in [0.15, 0.2) is 72.3 Å². The Morgan fingerprint density at radius 1 is 0.900 bits per heavy atom. The molecule has 1 nitrogen and oxygen atoms in total. The molecule has 0 N–H and O–H groups in total. The van der Waals surface area contributed by atoms with E-state index < -0.39 is 0 Å². The standard InChI is InChI=1S/C19H16O/c1-2-19(20)15-18(13-16-9-5-3-6-10-16)14-17-11-7-4-8-12-17/h1,3-12,15H,13-14H2. The minimum atomic E-state index is -0.271. The minimum Gasteiger partial charge on any atom is -0.280 e. The lowest BCUT2D eigenvalue weighted by Crippen LogP contribution is -1.99. The van der Waals surface area contributed by atoms with Gasteiger partial charge in [-0.25, -0.2) is 0 Å². The lowest BCUT2D eigenvalue weighted by Gasteiger charge is -2.07. The lowest BCUT2D eigenvalue weighted by atomic mass is 9.97. The molecule has 1 heteroatoms. The molecule has 0 aliphatic rings. The summed E-state index contributed by atoms with van der Waals surface area (Å²) in [6.45, 7) is 0. The van der Waals surface area contributed by atoms with Crippen LogP contribution in [-0.2, 0) is 17.6 Å². The second-order valence-corrected chi connectivity index (χ2v) is 4.64. The van der Waals surface area contributed by atoms with Gasteiger partial charge in [0.15, 0.2) is 0 Å². The smallest absolute Gasteiger partial charge is 0.228 e. The molecule has 0 aliphatic carbocycles. The van der Waals surface area contributed by atoms with Gasteiger partial charge in [0.1, 0.15) is 0 Å². The third-order valence-electron chi connectivity index (χ3n) is 3.03. The molecule has 0 aromatic heterocycles. The molecule has 98 valence electrons. The molecule has 0 bridgehead atoms. The number of terminal acetylenes is 1. The van der Waals surface area contributed by atoms with E-state index in [0.29, 0.717) is 0 Å². The predicted octanol–water partition coefficient (Wildman–Crippen LogP) is 3.60. The number of carbonyl (C=O) groups excluding carboxylic acids is 1. The van der Waals surface area contributed by atoms with Crippen LogP contribution >= 0.6 is 0 Å². The Kier molecular flexibility index (Phi) is 4.92. The molecule has 2 aromatic rings. The maximum Gasteiger partial charge on any atom is 0.228 e. The van der Waals surface area contributed by atoms with Crippen molar-refractivity contribution in [2.24, 2.45) is 0 Å². The Bertz CT molecular complexity index is 587. The Hall–Kier alpha value is -2.59. The normalized spacial score (nSPS) is 9.55. The number of allylic oxidation sites excluding steroid dienone is 2. The summed E-state index contributed by atoms with van der Waals surface area (Å²) in [4.78, 5) is 11.5. The zero-order chi connectivity index (χ0) is 14.2. The largest absolute Gasteiger partial charge is 0.280 e. The van der Waals surface area contributed by atoms with Crippen molar-refractivity contribution in [3.8, 4) is 12.3 Å². The van der Waals surface area contributed by atoms with Gasteiger partial charge >= 0.3 is 0 Å². The number of hydrogen-bond acceptors (Lipinski definition) is 1. The van der Waals surface area contributed by atoms with Crippen molar-refractivity contribution in [2.75, 3.05) is 0 Å². The summed E-state index contributed by atoms with van der Waals surface area (Å²) in [6.07, 6.45) is 8.22. The number of rotatable bonds is 5. The molecule has 0 spiro atoms. The van der Waals surface area contributed by atoms with Gasteiger partial charge in [0.2, 0.25) is 5.78 Å². The van der Waals surface area contributed by atoms with E-state index in [1.807, 2.05) is 36.4 Å². The highest BCUT2D eigenvalue weighted by Gasteiger charge is 2.04. The molecule has 0 unspecified atom stereocenters. The quantitative estimate of drug-likeness (QED) is 0.456. The van der Waals surface area contributed by atoms with Crippen molar-refractivity contribution in [1.82, 2.24) is 0 Å². The molecule has 0 heterocycles. The predicted molar refractivity (Wildman–Crippen MR) is 82.2 cm³/mol. The fourth-order valence-electron chi connectivity index (χ4n) is 2.11. The summed E-state index contributed by atoms with van der Waals surface area (Å²) in [5, 5.41) is 0. The van der Waals surface area contributed by atoms with Gasteiger partial charge in [-0.2, -0.15) is 0 Å². The van der Waals surface area contributed by atoms with Crippen LogP contribution < -0.4 is 0 Å². The number of hydrogen-bond donors (Lipinski definition) is 0. The monoisotopic (exact) mass is 260 g/mol. The highest BCUT2D eigenvalue weighted by molar-refractivity contribution is 6.04. The van der Waals surface area contributed by atoms with E-state index in [9.17, 15) is 4.79 Å². The van der Waals surface area contributed by atoms with Crippen LogP contribution in [0.1, 0.15) is 11.1 Å². The fourth-order valence-corrected chi connectivity index (χ4v) is 2.11. The third-order valence-corrected chi connectivity index (χ3v) is 3.03. The van der Waals surface area contributed by atoms with Gasteiger partial charge in [-0.3, -0.25) is 4.79 Å². The minimum absolute atomic E-state index is 0.271. The van der Waals surface area contributed by atoms with Gasteiger partial charge in [-0.05, 0) is 36.0 Å². The Morgan fingerprint density at radius 2 is 1.35 bits per heavy atom. The first-order valence-electron chi connectivity index (χ1n) is 6.56. The Morgan fingerprint density at radius 3 is 1.75 bits per heavy atom. The molecular formula is C19H16O. The van der Waals surface area contributed by atoms with Crippen LogP contribution in [0.25, 0.3) is 0 Å². The van der Waals surface area contributed by atoms with E-state index in [0.717, 1.165) is 18.4 Å². The molecule has 0 atom stereocenters. The molecular weight excluding hydrogens is 244 g/mol. The van der Waals surface area contributed by atoms with Crippen molar-refractivity contribution >= 4 is 5.78 Å². The van der Waals surface area contributed by atoms with Crippen molar-refractivity contribution < 1.29 is 4.79 Å². The maximum atomic E-state index is 11.5. The Labute approximate surface area is 120 Å². The molecule has 0 fully saturated rings. The molecule has 2 aromatic carbocycles. The summed E-state index contributed by atoms with van der Waals surface area (Å²) in [5.74, 6) is 1.88. The van der Waals surface area contributed by atoms with Gasteiger partial charge in [0.25, 0.3) is 0 Å². The fraction of sp³-hybridized carbons (Fsp3) is 0.105. The van der Waals surface area contributed by atoms with E-state index in [1.165, 1.54) is 11.1 Å². The second-order valence-electron chi connectivity index (χ2n) is 4.64. The van der Waals surface area contributed by atoms with Gasteiger partial charge in [0.05, 0.1) is 0 Å². The van der Waals surface area contributed by atoms with Gasteiger partial charge in [-0.15, -0.1) is 6.42 Å². The number of benzene rings is 2. The molecule has 0 aliphatic heterocycles. The maximum absolute atomic E-state index is 11.5. The zero-order valence-electron chi connectivity index (χ0n) is 11.3. The van der Waals surface area contributed by atoms with E-state index in [-0.39, 0.29) is 5.78 Å². The van der Waals surface area contributed by atoms with Gasteiger partial charge in [-0.1, -0.05) is 66.2 Å². The van der Waals surface area contributed by atoms with Crippen LogP contribution in [0.3, 0.4) is 0 Å². The van der Waals surface area contributed by atoms with E-state index in [4.69, 9.17) is 6.42 Å². The van der Waals surface area contributed by atoms with Crippen molar-refractivity contribution in [2.45, 2.75) is 12.8 Å². The van der Waals surface area contributed by atoms with Crippen LogP contribution in [0.5, 0.6) is 0 Å². The summed E-state index contributed by atoms with van der Waals surface area (Å²) >= 11 is 0. The third kappa shape index (κ3) is 4.26. The average Bonchev–Trinajstić information content (AvgIpc) is 2.49. The second kappa shape index (κ2) is 7.11. The van der Waals surface area contributed by atoms with E-state index in [2.05, 4.69) is 30.2 Å². The molecule has 0 saturated heterocycles. The first-order chi connectivity index (χ1) is 9.78. The molecule has 20 heavy (non-hydrogen) atoms. The summed E-state index contributed by atoms with van der Waals surface area (Å²) in [5.41, 5.74) is 3.39. The molecule has 0 saturated carbocycles. The van der Waals surface area contributed by atoms with Crippen LogP contribution in [0, 0.1) is 12.3 Å². The summed E-state index contributed by atoms with van der Waals surface area (Å²) in [7, 11) is 0. The van der Waals surface area contributed by atoms with E-state index >= 15 is 0 Å². The zero-order valence-corrected chi connectivity index (χ0v) is 11.3. The lowest BCUT2D eigenvalue weighted by molar-refractivity contribution is -0.109. The first kappa shape index (κ1) is 13.8. The van der Waals surface area contributed by atoms with Gasteiger partial charge < -0.3 is 0 Å². The highest BCUT2D eigenvalue weighted by Crippen LogP contribution is 2.14. The van der Waals surface area contributed by atoms with Gasteiger partial charge in [0, 0.05) is 0 Å². The number of ketones is 1. The first-order valence-corrected chi connectivity index (χ1v) is 6.56. The van der Waals surface area contributed by atoms with Crippen LogP contribution in [0.4, 0.5) is 0 Å². The molecule has 2 rings (SSSR count). The number of carbonyl (C=O) groups is 1. The van der Waals surface area contributed by atoms with Crippen molar-refractivity contribution in [3.63, 3.8) is 0 Å².